The average molecular weight is 206 g/mol. The lowest BCUT2D eigenvalue weighted by atomic mass is 9.99. The molecule has 1 aliphatic heterocycles. The Kier molecular flexibility index (Phi) is 4.04. The van der Waals surface area contributed by atoms with Crippen molar-refractivity contribution in [1.29, 1.82) is 0 Å². The van der Waals surface area contributed by atoms with Crippen molar-refractivity contribution in [2.45, 2.75) is 44.5 Å². The maximum absolute atomic E-state index is 9.60. The first-order valence-electron chi connectivity index (χ1n) is 4.65. The van der Waals surface area contributed by atoms with Crippen LogP contribution in [0.4, 0.5) is 0 Å². The molecule has 0 spiro atoms. The highest BCUT2D eigenvalue weighted by atomic mass is 32.1. The van der Waals surface area contributed by atoms with Crippen LogP contribution in [0.1, 0.15) is 20.8 Å². The van der Waals surface area contributed by atoms with Gasteiger partial charge >= 0.3 is 0 Å². The number of ether oxygens (including phenoxy) is 2. The first kappa shape index (κ1) is 11.3. The molecule has 1 heterocycles. The molecule has 78 valence electrons. The highest BCUT2D eigenvalue weighted by Crippen LogP contribution is 2.26. The quantitative estimate of drug-likeness (QED) is 0.536. The van der Waals surface area contributed by atoms with Crippen LogP contribution in [0.15, 0.2) is 0 Å². The molecule has 3 nitrogen and oxygen atoms in total. The van der Waals surface area contributed by atoms with E-state index in [-0.39, 0.29) is 29.7 Å². The summed E-state index contributed by atoms with van der Waals surface area (Å²) in [6, 6.07) is 0. The third-order valence-corrected chi connectivity index (χ3v) is 2.65. The molecule has 13 heavy (non-hydrogen) atoms. The molecule has 1 unspecified atom stereocenters. The smallest absolute Gasteiger partial charge is 0.0972 e. The van der Waals surface area contributed by atoms with Crippen molar-refractivity contribution in [3.05, 3.63) is 0 Å². The molecule has 0 aromatic rings. The van der Waals surface area contributed by atoms with Crippen molar-refractivity contribution < 1.29 is 14.6 Å². The zero-order valence-electron chi connectivity index (χ0n) is 8.30. The lowest BCUT2D eigenvalue weighted by molar-refractivity contribution is -0.0268. The monoisotopic (exact) mass is 206 g/mol. The van der Waals surface area contributed by atoms with Gasteiger partial charge in [0.05, 0.1) is 30.4 Å². The fourth-order valence-electron chi connectivity index (χ4n) is 1.55. The topological polar surface area (TPSA) is 38.7 Å². The van der Waals surface area contributed by atoms with E-state index in [0.29, 0.717) is 6.61 Å². The van der Waals surface area contributed by atoms with Gasteiger partial charge in [0.15, 0.2) is 0 Å². The summed E-state index contributed by atoms with van der Waals surface area (Å²) in [6.45, 7) is 6.23. The van der Waals surface area contributed by atoms with Gasteiger partial charge in [0.1, 0.15) is 0 Å². The van der Waals surface area contributed by atoms with E-state index in [1.165, 1.54) is 0 Å². The van der Waals surface area contributed by atoms with Crippen LogP contribution in [-0.2, 0) is 9.47 Å². The van der Waals surface area contributed by atoms with E-state index in [1.54, 1.807) is 0 Å². The van der Waals surface area contributed by atoms with Crippen LogP contribution in [0, 0.1) is 5.92 Å². The van der Waals surface area contributed by atoms with Gasteiger partial charge < -0.3 is 14.6 Å². The first-order chi connectivity index (χ1) is 6.02. The van der Waals surface area contributed by atoms with Crippen LogP contribution in [0.25, 0.3) is 0 Å². The zero-order valence-corrected chi connectivity index (χ0v) is 9.20. The lowest BCUT2D eigenvalue weighted by Gasteiger charge is -2.16. The number of hydrogen-bond acceptors (Lipinski definition) is 4. The van der Waals surface area contributed by atoms with Crippen molar-refractivity contribution in [1.82, 2.24) is 0 Å². The van der Waals surface area contributed by atoms with Crippen molar-refractivity contribution in [2.24, 2.45) is 5.92 Å². The van der Waals surface area contributed by atoms with Gasteiger partial charge in [0.2, 0.25) is 0 Å². The van der Waals surface area contributed by atoms with E-state index in [4.69, 9.17) is 9.47 Å². The Morgan fingerprint density at radius 2 is 2.15 bits per heavy atom. The largest absolute Gasteiger partial charge is 0.390 e. The molecule has 0 amide bonds. The van der Waals surface area contributed by atoms with E-state index >= 15 is 0 Å². The third kappa shape index (κ3) is 2.84. The molecule has 0 saturated carbocycles. The Balaban J connectivity index is 2.35. The molecule has 0 aromatic carbocycles. The van der Waals surface area contributed by atoms with Crippen LogP contribution < -0.4 is 0 Å². The molecule has 0 bridgehead atoms. The van der Waals surface area contributed by atoms with E-state index in [2.05, 4.69) is 12.6 Å². The van der Waals surface area contributed by atoms with Gasteiger partial charge in [-0.2, -0.15) is 0 Å². The van der Waals surface area contributed by atoms with Crippen molar-refractivity contribution in [2.75, 3.05) is 6.61 Å². The summed E-state index contributed by atoms with van der Waals surface area (Å²) in [7, 11) is 0. The molecular weight excluding hydrogens is 188 g/mol. The van der Waals surface area contributed by atoms with Crippen LogP contribution in [0.3, 0.4) is 0 Å². The van der Waals surface area contributed by atoms with Gasteiger partial charge in [-0.25, -0.2) is 0 Å². The summed E-state index contributed by atoms with van der Waals surface area (Å²) < 4.78 is 10.8. The summed E-state index contributed by atoms with van der Waals surface area (Å²) >= 11 is 4.11. The molecule has 1 aliphatic rings. The number of thiol groups is 1. The second-order valence-corrected chi connectivity index (χ2v) is 4.39. The minimum atomic E-state index is -0.371. The highest BCUT2D eigenvalue weighted by molar-refractivity contribution is 7.80. The molecular formula is C9H18O3S. The highest BCUT2D eigenvalue weighted by Gasteiger charge is 2.38. The minimum absolute atomic E-state index is 0.000370. The van der Waals surface area contributed by atoms with Crippen molar-refractivity contribution in [3.8, 4) is 0 Å². The molecule has 1 rings (SSSR count). The Morgan fingerprint density at radius 3 is 2.54 bits per heavy atom. The van der Waals surface area contributed by atoms with Crippen molar-refractivity contribution in [3.63, 3.8) is 0 Å². The number of hydrogen-bond donors (Lipinski definition) is 2. The van der Waals surface area contributed by atoms with Crippen LogP contribution in [-0.4, -0.2) is 35.5 Å². The molecule has 1 saturated heterocycles. The molecule has 5 atom stereocenters. The normalized spacial score (nSPS) is 42.2. The van der Waals surface area contributed by atoms with E-state index < -0.39 is 0 Å². The molecule has 0 aliphatic carbocycles. The molecule has 0 radical (unpaired) electrons. The van der Waals surface area contributed by atoms with E-state index in [1.807, 2.05) is 20.8 Å². The fourth-order valence-corrected chi connectivity index (χ4v) is 1.64. The molecule has 1 N–H and O–H groups in total. The van der Waals surface area contributed by atoms with E-state index in [9.17, 15) is 5.11 Å². The van der Waals surface area contributed by atoms with Crippen molar-refractivity contribution >= 4 is 12.6 Å². The SMILES string of the molecule is CC(S)OC[C@H]1O[C@@H](C)[C@@H](O)[C@@H]1C. The number of aliphatic hydroxyl groups is 1. The third-order valence-electron chi connectivity index (χ3n) is 2.50. The summed E-state index contributed by atoms with van der Waals surface area (Å²) in [5.74, 6) is 0.141. The molecule has 4 heteroatoms. The second kappa shape index (κ2) is 4.64. The second-order valence-electron chi connectivity index (χ2n) is 3.66. The van der Waals surface area contributed by atoms with Gasteiger partial charge in [0, 0.05) is 5.92 Å². The van der Waals surface area contributed by atoms with Crippen LogP contribution >= 0.6 is 12.6 Å². The molecule has 0 aromatic heterocycles. The Morgan fingerprint density at radius 1 is 1.54 bits per heavy atom. The van der Waals surface area contributed by atoms with Gasteiger partial charge in [-0.3, -0.25) is 0 Å². The Labute approximate surface area is 84.8 Å². The Hall–Kier alpha value is 0.230. The average Bonchev–Trinajstić information content (AvgIpc) is 2.29. The lowest BCUT2D eigenvalue weighted by Crippen LogP contribution is -2.26. The van der Waals surface area contributed by atoms with Gasteiger partial charge in [-0.05, 0) is 13.8 Å². The zero-order chi connectivity index (χ0) is 10.0. The van der Waals surface area contributed by atoms with Crippen LogP contribution in [0.2, 0.25) is 0 Å². The van der Waals surface area contributed by atoms with E-state index in [0.717, 1.165) is 0 Å². The summed E-state index contributed by atoms with van der Waals surface area (Å²) in [5, 5.41) is 9.60. The predicted octanol–water partition coefficient (Wildman–Crippen LogP) is 1.06. The van der Waals surface area contributed by atoms with Gasteiger partial charge in [0.25, 0.3) is 0 Å². The van der Waals surface area contributed by atoms with Gasteiger partial charge in [-0.1, -0.05) is 6.92 Å². The number of rotatable bonds is 3. The maximum atomic E-state index is 9.60. The maximum Gasteiger partial charge on any atom is 0.0972 e. The fraction of sp³-hybridized carbons (Fsp3) is 1.00. The predicted molar refractivity (Wildman–Crippen MR) is 53.9 cm³/mol. The first-order valence-corrected chi connectivity index (χ1v) is 5.17. The Bertz CT molecular complexity index is 163. The molecule has 1 fully saturated rings. The summed E-state index contributed by atoms with van der Waals surface area (Å²) in [4.78, 5) is 0. The standard InChI is InChI=1S/C9H18O3S/c1-5-8(4-11-7(3)13)12-6(2)9(5)10/h5-10,13H,4H2,1-3H3/t5-,6+,7?,8-,9+/m1/s1. The van der Waals surface area contributed by atoms with Crippen LogP contribution in [0.5, 0.6) is 0 Å². The summed E-state index contributed by atoms with van der Waals surface area (Å²) in [6.07, 6.45) is -0.456. The summed E-state index contributed by atoms with van der Waals surface area (Å²) in [5.41, 5.74) is -0.0798. The minimum Gasteiger partial charge on any atom is -0.390 e. The van der Waals surface area contributed by atoms with Gasteiger partial charge in [-0.15, -0.1) is 12.6 Å². The number of aliphatic hydroxyl groups excluding tert-OH is 1.